The van der Waals surface area contributed by atoms with Crippen molar-refractivity contribution in [1.29, 1.82) is 0 Å². The number of carbonyl (C=O) groups is 2. The molecule has 2 aromatic rings. The lowest BCUT2D eigenvalue weighted by molar-refractivity contribution is -0.123. The van der Waals surface area contributed by atoms with Crippen molar-refractivity contribution in [3.8, 4) is 0 Å². The molecule has 0 saturated carbocycles. The third-order valence-corrected chi connectivity index (χ3v) is 4.38. The molecule has 2 amide bonds. The highest BCUT2D eigenvalue weighted by Crippen LogP contribution is 2.23. The molecule has 4 nitrogen and oxygen atoms in total. The summed E-state index contributed by atoms with van der Waals surface area (Å²) in [6, 6.07) is 13.8. The lowest BCUT2D eigenvalue weighted by Gasteiger charge is -2.21. The van der Waals surface area contributed by atoms with Gasteiger partial charge in [-0.1, -0.05) is 53.5 Å². The Morgan fingerprint density at radius 3 is 2.24 bits per heavy atom. The number of hydrogen-bond acceptors (Lipinski definition) is 2. The predicted molar refractivity (Wildman–Crippen MR) is 101 cm³/mol. The molecule has 132 valence electrons. The highest BCUT2D eigenvalue weighted by atomic mass is 35.5. The molecule has 0 aliphatic rings. The predicted octanol–water partition coefficient (Wildman–Crippen LogP) is 4.44. The quantitative estimate of drug-likeness (QED) is 0.780. The minimum absolute atomic E-state index is 0.121. The zero-order chi connectivity index (χ0) is 18.4. The highest BCUT2D eigenvalue weighted by molar-refractivity contribution is 6.31. The molecule has 0 aromatic heterocycles. The van der Waals surface area contributed by atoms with E-state index in [9.17, 15) is 9.59 Å². The highest BCUT2D eigenvalue weighted by Gasteiger charge is 2.19. The van der Waals surface area contributed by atoms with E-state index in [-0.39, 0.29) is 24.3 Å². The van der Waals surface area contributed by atoms with Gasteiger partial charge in [0, 0.05) is 17.0 Å². The fourth-order valence-corrected chi connectivity index (χ4v) is 3.01. The molecule has 0 bridgehead atoms. The minimum Gasteiger partial charge on any atom is -0.349 e. The summed E-state index contributed by atoms with van der Waals surface area (Å²) >= 11 is 12.1. The number of halogens is 2. The van der Waals surface area contributed by atoms with Crippen LogP contribution < -0.4 is 10.6 Å². The molecule has 0 saturated heterocycles. The standard InChI is InChI=1S/C19H20Cl2N2O2/c1-12(16-5-3-4-6-17(16)21)22-19(25)11-18(23-13(2)24)14-7-9-15(20)10-8-14/h3-10,12,18H,11H2,1-2H3,(H,22,25)(H,23,24). The van der Waals surface area contributed by atoms with Crippen LogP contribution in [-0.2, 0) is 9.59 Å². The molecular formula is C19H20Cl2N2O2. The minimum atomic E-state index is -0.423. The van der Waals surface area contributed by atoms with Crippen LogP contribution in [0.15, 0.2) is 48.5 Å². The molecule has 2 unspecified atom stereocenters. The van der Waals surface area contributed by atoms with E-state index in [1.54, 1.807) is 30.3 Å². The Hall–Kier alpha value is -2.04. The molecule has 0 radical (unpaired) electrons. The monoisotopic (exact) mass is 378 g/mol. The lowest BCUT2D eigenvalue weighted by atomic mass is 10.0. The van der Waals surface area contributed by atoms with E-state index in [4.69, 9.17) is 23.2 Å². The second-order valence-corrected chi connectivity index (χ2v) is 6.66. The van der Waals surface area contributed by atoms with Crippen molar-refractivity contribution in [1.82, 2.24) is 10.6 Å². The maximum Gasteiger partial charge on any atom is 0.222 e. The van der Waals surface area contributed by atoms with Crippen LogP contribution in [0.5, 0.6) is 0 Å². The number of nitrogens with one attached hydrogen (secondary N) is 2. The Morgan fingerprint density at radius 2 is 1.64 bits per heavy atom. The van der Waals surface area contributed by atoms with Crippen LogP contribution in [0.2, 0.25) is 10.0 Å². The van der Waals surface area contributed by atoms with Gasteiger partial charge in [-0.25, -0.2) is 0 Å². The van der Waals surface area contributed by atoms with Crippen molar-refractivity contribution in [3.63, 3.8) is 0 Å². The van der Waals surface area contributed by atoms with E-state index < -0.39 is 6.04 Å². The fraction of sp³-hybridized carbons (Fsp3) is 0.263. The Bertz CT molecular complexity index is 747. The van der Waals surface area contributed by atoms with Crippen LogP contribution in [0.25, 0.3) is 0 Å². The van der Waals surface area contributed by atoms with Crippen LogP contribution in [0.3, 0.4) is 0 Å². The molecule has 25 heavy (non-hydrogen) atoms. The molecule has 0 aliphatic carbocycles. The first-order chi connectivity index (χ1) is 11.9. The van der Waals surface area contributed by atoms with E-state index in [2.05, 4.69) is 10.6 Å². The third kappa shape index (κ3) is 5.76. The summed E-state index contributed by atoms with van der Waals surface area (Å²) in [6.07, 6.45) is 0.121. The second kappa shape index (κ2) is 8.88. The summed E-state index contributed by atoms with van der Waals surface area (Å²) < 4.78 is 0. The normalized spacial score (nSPS) is 13.0. The van der Waals surface area contributed by atoms with Gasteiger partial charge in [-0.2, -0.15) is 0 Å². The summed E-state index contributed by atoms with van der Waals surface area (Å²) in [5, 5.41) is 6.93. The average molecular weight is 379 g/mol. The number of amides is 2. The van der Waals surface area contributed by atoms with Crippen molar-refractivity contribution in [2.24, 2.45) is 0 Å². The molecule has 0 heterocycles. The van der Waals surface area contributed by atoms with Gasteiger partial charge in [-0.3, -0.25) is 9.59 Å². The van der Waals surface area contributed by atoms with Gasteiger partial charge >= 0.3 is 0 Å². The largest absolute Gasteiger partial charge is 0.349 e. The van der Waals surface area contributed by atoms with Gasteiger partial charge in [0.25, 0.3) is 0 Å². The molecule has 6 heteroatoms. The average Bonchev–Trinajstić information content (AvgIpc) is 2.54. The van der Waals surface area contributed by atoms with E-state index in [0.29, 0.717) is 10.0 Å². The van der Waals surface area contributed by atoms with Crippen LogP contribution in [-0.4, -0.2) is 11.8 Å². The summed E-state index contributed by atoms with van der Waals surface area (Å²) in [6.45, 7) is 3.29. The van der Waals surface area contributed by atoms with Crippen molar-refractivity contribution in [3.05, 3.63) is 69.7 Å². The SMILES string of the molecule is CC(=O)NC(CC(=O)NC(C)c1ccccc1Cl)c1ccc(Cl)cc1. The van der Waals surface area contributed by atoms with Gasteiger partial charge in [-0.05, 0) is 36.2 Å². The molecule has 2 aromatic carbocycles. The van der Waals surface area contributed by atoms with Gasteiger partial charge in [0.2, 0.25) is 11.8 Å². The molecule has 2 N–H and O–H groups in total. The smallest absolute Gasteiger partial charge is 0.222 e. The molecule has 0 fully saturated rings. The third-order valence-electron chi connectivity index (χ3n) is 3.79. The lowest BCUT2D eigenvalue weighted by Crippen LogP contribution is -2.33. The Morgan fingerprint density at radius 1 is 1.00 bits per heavy atom. The van der Waals surface area contributed by atoms with E-state index in [1.165, 1.54) is 6.92 Å². The van der Waals surface area contributed by atoms with Crippen molar-refractivity contribution >= 4 is 35.0 Å². The van der Waals surface area contributed by atoms with Gasteiger partial charge in [-0.15, -0.1) is 0 Å². The van der Waals surface area contributed by atoms with Gasteiger partial charge in [0.05, 0.1) is 18.5 Å². The number of benzene rings is 2. The van der Waals surface area contributed by atoms with E-state index >= 15 is 0 Å². The topological polar surface area (TPSA) is 58.2 Å². The summed E-state index contributed by atoms with van der Waals surface area (Å²) in [5.41, 5.74) is 1.67. The second-order valence-electron chi connectivity index (χ2n) is 5.82. The first-order valence-electron chi connectivity index (χ1n) is 7.93. The maximum absolute atomic E-state index is 12.4. The molecule has 0 aliphatic heterocycles. The van der Waals surface area contributed by atoms with Crippen molar-refractivity contribution in [2.75, 3.05) is 0 Å². The van der Waals surface area contributed by atoms with Gasteiger partial charge in [0.15, 0.2) is 0 Å². The zero-order valence-electron chi connectivity index (χ0n) is 14.1. The van der Waals surface area contributed by atoms with Crippen molar-refractivity contribution in [2.45, 2.75) is 32.4 Å². The molecular weight excluding hydrogens is 359 g/mol. The fourth-order valence-electron chi connectivity index (χ4n) is 2.58. The van der Waals surface area contributed by atoms with Crippen LogP contribution in [0.4, 0.5) is 0 Å². The first-order valence-corrected chi connectivity index (χ1v) is 8.68. The first kappa shape index (κ1) is 19.3. The summed E-state index contributed by atoms with van der Waals surface area (Å²) in [4.78, 5) is 23.9. The zero-order valence-corrected chi connectivity index (χ0v) is 15.6. The van der Waals surface area contributed by atoms with Crippen molar-refractivity contribution < 1.29 is 9.59 Å². The maximum atomic E-state index is 12.4. The summed E-state index contributed by atoms with van der Waals surface area (Å²) in [5.74, 6) is -0.381. The van der Waals surface area contributed by atoms with Crippen LogP contribution in [0, 0.1) is 0 Å². The van der Waals surface area contributed by atoms with Gasteiger partial charge < -0.3 is 10.6 Å². The van der Waals surface area contributed by atoms with E-state index in [1.807, 2.05) is 25.1 Å². The van der Waals surface area contributed by atoms with E-state index in [0.717, 1.165) is 11.1 Å². The van der Waals surface area contributed by atoms with Gasteiger partial charge in [0.1, 0.15) is 0 Å². The number of rotatable bonds is 6. The molecule has 0 spiro atoms. The molecule has 2 atom stereocenters. The van der Waals surface area contributed by atoms with Crippen LogP contribution >= 0.6 is 23.2 Å². The summed E-state index contributed by atoms with van der Waals surface area (Å²) in [7, 11) is 0. The molecule has 2 rings (SSSR count). The Kier molecular flexibility index (Phi) is 6.85. The number of carbonyl (C=O) groups excluding carboxylic acids is 2. The Labute approximate surface area is 157 Å². The van der Waals surface area contributed by atoms with Crippen LogP contribution in [0.1, 0.15) is 43.5 Å². The Balaban J connectivity index is 2.07. The number of hydrogen-bond donors (Lipinski definition) is 2.